The van der Waals surface area contributed by atoms with Gasteiger partial charge in [0.1, 0.15) is 11.3 Å². The van der Waals surface area contributed by atoms with Crippen molar-refractivity contribution in [2.45, 2.75) is 56.8 Å². The number of rotatable bonds is 3. The summed E-state index contributed by atoms with van der Waals surface area (Å²) in [5.74, 6) is 1.61. The van der Waals surface area contributed by atoms with Crippen LogP contribution in [0.1, 0.15) is 50.4 Å². The molecule has 0 unspecified atom stereocenters. The summed E-state index contributed by atoms with van der Waals surface area (Å²) in [6, 6.07) is 6.30. The van der Waals surface area contributed by atoms with E-state index in [0.717, 1.165) is 59.2 Å². The molecule has 0 amide bonds. The van der Waals surface area contributed by atoms with Crippen LogP contribution in [0.25, 0.3) is 21.9 Å². The predicted molar refractivity (Wildman–Crippen MR) is 107 cm³/mol. The summed E-state index contributed by atoms with van der Waals surface area (Å²) in [4.78, 5) is 9.66. The molecule has 5 rings (SSSR count). The Balaban J connectivity index is 1.72. The normalized spacial score (nSPS) is 28.6. The highest BCUT2D eigenvalue weighted by atomic mass is 35.5. The first-order valence-corrected chi connectivity index (χ1v) is 10.1. The minimum absolute atomic E-state index is 0.263. The number of aromatic nitrogens is 3. The lowest BCUT2D eigenvalue weighted by Gasteiger charge is -2.36. The van der Waals surface area contributed by atoms with E-state index >= 15 is 0 Å². The van der Waals surface area contributed by atoms with Gasteiger partial charge in [-0.1, -0.05) is 11.6 Å². The molecule has 5 nitrogen and oxygen atoms in total. The third-order valence-corrected chi connectivity index (χ3v) is 6.36. The number of benzene rings is 1. The van der Waals surface area contributed by atoms with Gasteiger partial charge in [0.05, 0.1) is 29.4 Å². The van der Waals surface area contributed by atoms with E-state index in [1.54, 1.807) is 7.11 Å². The van der Waals surface area contributed by atoms with E-state index in [1.165, 1.54) is 5.82 Å². The second-order valence-corrected chi connectivity index (χ2v) is 8.32. The number of halogens is 1. The molecule has 2 aromatic heterocycles. The van der Waals surface area contributed by atoms with Gasteiger partial charge in [-0.15, -0.1) is 0 Å². The maximum absolute atomic E-state index is 6.33. The largest absolute Gasteiger partial charge is 0.381 e. The fraction of sp³-hybridized carbons (Fsp3) is 0.524. The molecule has 3 aromatic rings. The Morgan fingerprint density at radius 3 is 2.85 bits per heavy atom. The Kier molecular flexibility index (Phi) is 4.34. The van der Waals surface area contributed by atoms with E-state index in [2.05, 4.69) is 16.5 Å². The van der Waals surface area contributed by atoms with Crippen molar-refractivity contribution in [3.8, 4) is 0 Å². The topological polar surface area (TPSA) is 49.2 Å². The number of hydrogen-bond donors (Lipinski definition) is 0. The summed E-state index contributed by atoms with van der Waals surface area (Å²) in [5, 5.41) is 1.81. The van der Waals surface area contributed by atoms with Gasteiger partial charge in [-0.25, -0.2) is 4.98 Å². The van der Waals surface area contributed by atoms with E-state index in [9.17, 15) is 0 Å². The van der Waals surface area contributed by atoms with Crippen LogP contribution in [-0.4, -0.2) is 40.5 Å². The van der Waals surface area contributed by atoms with Gasteiger partial charge in [-0.05, 0) is 50.8 Å². The summed E-state index contributed by atoms with van der Waals surface area (Å²) in [6.45, 7) is 2.95. The fourth-order valence-corrected chi connectivity index (χ4v) is 4.77. The van der Waals surface area contributed by atoms with E-state index < -0.39 is 0 Å². The van der Waals surface area contributed by atoms with Crippen molar-refractivity contribution in [1.82, 2.24) is 14.5 Å². The number of pyridine rings is 1. The first-order chi connectivity index (χ1) is 13.1. The average Bonchev–Trinajstić information content (AvgIpc) is 3.00. The van der Waals surface area contributed by atoms with Crippen molar-refractivity contribution in [2.24, 2.45) is 0 Å². The minimum Gasteiger partial charge on any atom is -0.381 e. The van der Waals surface area contributed by atoms with Crippen LogP contribution in [0.4, 0.5) is 0 Å². The Morgan fingerprint density at radius 2 is 2.07 bits per heavy atom. The number of fused-ring (bicyclic) bond motifs is 3. The summed E-state index contributed by atoms with van der Waals surface area (Å²) < 4.78 is 13.8. The lowest BCUT2D eigenvalue weighted by molar-refractivity contribution is 0.00214. The first kappa shape index (κ1) is 17.4. The molecule has 0 N–H and O–H groups in total. The predicted octanol–water partition coefficient (Wildman–Crippen LogP) is 4.87. The van der Waals surface area contributed by atoms with Crippen LogP contribution in [0.2, 0.25) is 5.02 Å². The molecule has 2 atom stereocenters. The quantitative estimate of drug-likeness (QED) is 0.645. The van der Waals surface area contributed by atoms with E-state index in [4.69, 9.17) is 26.1 Å². The highest BCUT2D eigenvalue weighted by Gasteiger charge is 2.36. The molecule has 0 bridgehead atoms. The number of hydrogen-bond acceptors (Lipinski definition) is 4. The third kappa shape index (κ3) is 2.93. The second-order valence-electron chi connectivity index (χ2n) is 7.88. The van der Waals surface area contributed by atoms with Crippen molar-refractivity contribution in [1.29, 1.82) is 0 Å². The van der Waals surface area contributed by atoms with Crippen LogP contribution in [0.5, 0.6) is 0 Å². The Bertz CT molecular complexity index is 996. The zero-order chi connectivity index (χ0) is 18.5. The van der Waals surface area contributed by atoms with Crippen LogP contribution >= 0.6 is 11.6 Å². The minimum atomic E-state index is 0.263. The molecule has 0 spiro atoms. The zero-order valence-corrected chi connectivity index (χ0v) is 16.4. The monoisotopic (exact) mass is 385 g/mol. The first-order valence-electron chi connectivity index (χ1n) is 9.74. The van der Waals surface area contributed by atoms with Gasteiger partial charge in [0, 0.05) is 36.1 Å². The SMILES string of the molecule is COC1CC(c2nc3cnc4ccc(Cl)cc4c3n2[C@@H]2CCO[C@H](C)C2)C1. The zero-order valence-electron chi connectivity index (χ0n) is 15.7. The Hall–Kier alpha value is -1.69. The lowest BCUT2D eigenvalue weighted by atomic mass is 9.81. The van der Waals surface area contributed by atoms with E-state index in [0.29, 0.717) is 18.1 Å². The van der Waals surface area contributed by atoms with Gasteiger partial charge in [-0.3, -0.25) is 4.98 Å². The highest BCUT2D eigenvalue weighted by Crippen LogP contribution is 2.43. The lowest BCUT2D eigenvalue weighted by Crippen LogP contribution is -2.33. The molecule has 1 saturated heterocycles. The van der Waals surface area contributed by atoms with E-state index in [1.807, 2.05) is 24.4 Å². The van der Waals surface area contributed by atoms with Gasteiger partial charge in [-0.2, -0.15) is 0 Å². The smallest absolute Gasteiger partial charge is 0.113 e. The molecule has 0 radical (unpaired) electrons. The van der Waals surface area contributed by atoms with E-state index in [-0.39, 0.29) is 6.10 Å². The van der Waals surface area contributed by atoms with Crippen molar-refractivity contribution in [3.05, 3.63) is 35.2 Å². The van der Waals surface area contributed by atoms with Crippen molar-refractivity contribution < 1.29 is 9.47 Å². The van der Waals surface area contributed by atoms with Gasteiger partial charge in [0.25, 0.3) is 0 Å². The fourth-order valence-electron chi connectivity index (χ4n) is 4.60. The molecule has 1 aliphatic heterocycles. The Labute approximate surface area is 163 Å². The molecule has 142 valence electrons. The molecule has 2 aliphatic rings. The molecular weight excluding hydrogens is 362 g/mol. The van der Waals surface area contributed by atoms with Crippen molar-refractivity contribution >= 4 is 33.5 Å². The molecule has 2 fully saturated rings. The number of methoxy groups -OCH3 is 1. The van der Waals surface area contributed by atoms with Gasteiger partial charge < -0.3 is 14.0 Å². The summed E-state index contributed by atoms with van der Waals surface area (Å²) in [5.41, 5.74) is 3.08. The molecule has 27 heavy (non-hydrogen) atoms. The second kappa shape index (κ2) is 6.73. The molecule has 6 heteroatoms. The third-order valence-electron chi connectivity index (χ3n) is 6.12. The molecule has 1 aliphatic carbocycles. The maximum atomic E-state index is 6.33. The number of nitrogens with zero attached hydrogens (tertiary/aromatic N) is 3. The van der Waals surface area contributed by atoms with Crippen LogP contribution in [0, 0.1) is 0 Å². The van der Waals surface area contributed by atoms with Crippen molar-refractivity contribution in [3.63, 3.8) is 0 Å². The van der Waals surface area contributed by atoms with Crippen LogP contribution < -0.4 is 0 Å². The average molecular weight is 386 g/mol. The summed E-state index contributed by atoms with van der Waals surface area (Å²) in [7, 11) is 1.80. The van der Waals surface area contributed by atoms with Gasteiger partial charge >= 0.3 is 0 Å². The molecule has 3 heterocycles. The van der Waals surface area contributed by atoms with Gasteiger partial charge in [0.2, 0.25) is 0 Å². The van der Waals surface area contributed by atoms with Crippen LogP contribution in [0.15, 0.2) is 24.4 Å². The highest BCUT2D eigenvalue weighted by molar-refractivity contribution is 6.31. The molecular formula is C21H24ClN3O2. The number of ether oxygens (including phenoxy) is 2. The maximum Gasteiger partial charge on any atom is 0.113 e. The molecule has 1 saturated carbocycles. The summed E-state index contributed by atoms with van der Waals surface area (Å²) in [6.07, 6.45) is 6.59. The number of imidazole rings is 1. The molecule has 1 aromatic carbocycles. The van der Waals surface area contributed by atoms with Crippen LogP contribution in [0.3, 0.4) is 0 Å². The van der Waals surface area contributed by atoms with Crippen LogP contribution in [-0.2, 0) is 9.47 Å². The standard InChI is InChI=1S/C21H24ClN3O2/c1-12-7-15(5-6-27-12)25-20-17-10-14(22)3-4-18(17)23-11-19(20)24-21(25)13-8-16(9-13)26-2/h3-4,10-13,15-16H,5-9H2,1-2H3/t12-,13?,15-,16?/m1/s1. The Morgan fingerprint density at radius 1 is 1.22 bits per heavy atom. The summed E-state index contributed by atoms with van der Waals surface area (Å²) >= 11 is 6.33. The van der Waals surface area contributed by atoms with Crippen molar-refractivity contribution in [2.75, 3.05) is 13.7 Å². The van der Waals surface area contributed by atoms with Gasteiger partial charge in [0.15, 0.2) is 0 Å².